The molecule has 0 spiro atoms. The van der Waals surface area contributed by atoms with Gasteiger partial charge in [0.2, 0.25) is 5.91 Å². The Morgan fingerprint density at radius 2 is 2.19 bits per heavy atom. The number of amides is 1. The van der Waals surface area contributed by atoms with Gasteiger partial charge in [-0.1, -0.05) is 28.1 Å². The first-order valence-electron chi connectivity index (χ1n) is 5.24. The average Bonchev–Trinajstić information content (AvgIpc) is 2.16. The zero-order valence-corrected chi connectivity index (χ0v) is 11.3. The summed E-state index contributed by atoms with van der Waals surface area (Å²) in [5, 5.41) is 2.89. The third kappa shape index (κ3) is 5.28. The quantitative estimate of drug-likeness (QED) is 0.892. The molecule has 4 heteroatoms. The second-order valence-electron chi connectivity index (χ2n) is 3.97. The molecule has 1 aromatic carbocycles. The SMILES string of the molecule is CN(C)CC(=O)NCCc1cccc(Br)c1. The van der Waals surface area contributed by atoms with E-state index >= 15 is 0 Å². The fourth-order valence-corrected chi connectivity index (χ4v) is 1.83. The molecule has 0 unspecified atom stereocenters. The van der Waals surface area contributed by atoms with E-state index in [1.165, 1.54) is 5.56 Å². The van der Waals surface area contributed by atoms with E-state index in [1.54, 1.807) is 0 Å². The summed E-state index contributed by atoms with van der Waals surface area (Å²) in [4.78, 5) is 13.2. The number of carbonyl (C=O) groups excluding carboxylic acids is 1. The second kappa shape index (κ2) is 6.66. The molecule has 88 valence electrons. The molecule has 0 radical (unpaired) electrons. The van der Waals surface area contributed by atoms with Gasteiger partial charge in [0, 0.05) is 11.0 Å². The van der Waals surface area contributed by atoms with Gasteiger partial charge in [0.05, 0.1) is 6.54 Å². The van der Waals surface area contributed by atoms with E-state index in [0.29, 0.717) is 13.1 Å². The van der Waals surface area contributed by atoms with E-state index in [2.05, 4.69) is 33.4 Å². The molecule has 0 aliphatic carbocycles. The van der Waals surface area contributed by atoms with Gasteiger partial charge in [0.15, 0.2) is 0 Å². The zero-order valence-electron chi connectivity index (χ0n) is 9.66. The highest BCUT2D eigenvalue weighted by Gasteiger charge is 2.01. The maximum atomic E-state index is 11.3. The van der Waals surface area contributed by atoms with Crippen molar-refractivity contribution in [3.8, 4) is 0 Å². The van der Waals surface area contributed by atoms with Crippen molar-refractivity contribution in [1.29, 1.82) is 0 Å². The van der Waals surface area contributed by atoms with E-state index in [9.17, 15) is 4.79 Å². The van der Waals surface area contributed by atoms with Crippen molar-refractivity contribution >= 4 is 21.8 Å². The van der Waals surface area contributed by atoms with Crippen LogP contribution < -0.4 is 5.32 Å². The highest BCUT2D eigenvalue weighted by atomic mass is 79.9. The predicted molar refractivity (Wildman–Crippen MR) is 69.4 cm³/mol. The van der Waals surface area contributed by atoms with Crippen LogP contribution in [0.3, 0.4) is 0 Å². The van der Waals surface area contributed by atoms with Crippen molar-refractivity contribution in [1.82, 2.24) is 10.2 Å². The lowest BCUT2D eigenvalue weighted by Crippen LogP contribution is -2.34. The van der Waals surface area contributed by atoms with E-state index in [-0.39, 0.29) is 5.91 Å². The van der Waals surface area contributed by atoms with Crippen molar-refractivity contribution in [2.75, 3.05) is 27.2 Å². The van der Waals surface area contributed by atoms with Crippen LogP contribution in [-0.2, 0) is 11.2 Å². The molecule has 0 saturated carbocycles. The molecule has 1 aromatic rings. The van der Waals surface area contributed by atoms with E-state index in [1.807, 2.05) is 31.1 Å². The summed E-state index contributed by atoms with van der Waals surface area (Å²) in [6.45, 7) is 1.13. The molecule has 0 heterocycles. The van der Waals surface area contributed by atoms with Crippen molar-refractivity contribution < 1.29 is 4.79 Å². The van der Waals surface area contributed by atoms with Crippen molar-refractivity contribution in [3.63, 3.8) is 0 Å². The van der Waals surface area contributed by atoms with Crippen LogP contribution >= 0.6 is 15.9 Å². The Bertz CT molecular complexity index is 353. The van der Waals surface area contributed by atoms with Gasteiger partial charge >= 0.3 is 0 Å². The molecule has 1 rings (SSSR count). The van der Waals surface area contributed by atoms with Crippen LogP contribution in [0, 0.1) is 0 Å². The van der Waals surface area contributed by atoms with Crippen LogP contribution in [0.4, 0.5) is 0 Å². The topological polar surface area (TPSA) is 32.3 Å². The maximum absolute atomic E-state index is 11.3. The molecule has 3 nitrogen and oxygen atoms in total. The molecule has 1 amide bonds. The number of nitrogens with zero attached hydrogens (tertiary/aromatic N) is 1. The van der Waals surface area contributed by atoms with Crippen LogP contribution in [0.2, 0.25) is 0 Å². The number of halogens is 1. The molecule has 0 aliphatic rings. The standard InChI is InChI=1S/C12H17BrN2O/c1-15(2)9-12(16)14-7-6-10-4-3-5-11(13)8-10/h3-5,8H,6-7,9H2,1-2H3,(H,14,16). The molecule has 0 atom stereocenters. The minimum Gasteiger partial charge on any atom is -0.355 e. The summed E-state index contributed by atoms with van der Waals surface area (Å²) < 4.78 is 1.07. The largest absolute Gasteiger partial charge is 0.355 e. The fourth-order valence-electron chi connectivity index (χ4n) is 1.38. The first-order valence-corrected chi connectivity index (χ1v) is 6.03. The van der Waals surface area contributed by atoms with Crippen LogP contribution in [0.5, 0.6) is 0 Å². The van der Waals surface area contributed by atoms with Crippen molar-refractivity contribution in [2.45, 2.75) is 6.42 Å². The van der Waals surface area contributed by atoms with Gasteiger partial charge in [-0.3, -0.25) is 4.79 Å². The summed E-state index contributed by atoms with van der Waals surface area (Å²) in [5.74, 6) is 0.0694. The third-order valence-corrected chi connectivity index (χ3v) is 2.58. The normalized spacial score (nSPS) is 10.5. The molecule has 0 aliphatic heterocycles. The number of benzene rings is 1. The van der Waals surface area contributed by atoms with Crippen LogP contribution in [0.1, 0.15) is 5.56 Å². The number of likely N-dealkylation sites (N-methyl/N-ethyl adjacent to an activating group) is 1. The summed E-state index contributed by atoms with van der Waals surface area (Å²) >= 11 is 3.42. The van der Waals surface area contributed by atoms with Gasteiger partial charge < -0.3 is 10.2 Å². The van der Waals surface area contributed by atoms with Crippen LogP contribution in [0.15, 0.2) is 28.7 Å². The highest BCUT2D eigenvalue weighted by Crippen LogP contribution is 2.11. The number of carbonyl (C=O) groups is 1. The first-order chi connectivity index (χ1) is 7.58. The Morgan fingerprint density at radius 1 is 1.44 bits per heavy atom. The van der Waals surface area contributed by atoms with Crippen LogP contribution in [0.25, 0.3) is 0 Å². The fraction of sp³-hybridized carbons (Fsp3) is 0.417. The monoisotopic (exact) mass is 284 g/mol. The molecule has 0 aromatic heterocycles. The maximum Gasteiger partial charge on any atom is 0.234 e. The Labute approximate surface area is 105 Å². The molecule has 0 saturated heterocycles. The van der Waals surface area contributed by atoms with Gasteiger partial charge in [-0.05, 0) is 38.2 Å². The van der Waals surface area contributed by atoms with Crippen molar-refractivity contribution in [2.24, 2.45) is 0 Å². The Morgan fingerprint density at radius 3 is 2.81 bits per heavy atom. The molecule has 0 fully saturated rings. The van der Waals surface area contributed by atoms with Gasteiger partial charge in [-0.15, -0.1) is 0 Å². The number of nitrogens with one attached hydrogen (secondary N) is 1. The van der Waals surface area contributed by atoms with Gasteiger partial charge in [-0.25, -0.2) is 0 Å². The summed E-state index contributed by atoms with van der Waals surface area (Å²) in [6.07, 6.45) is 0.860. The molecular weight excluding hydrogens is 268 g/mol. The summed E-state index contributed by atoms with van der Waals surface area (Å²) in [5.41, 5.74) is 1.22. The first kappa shape index (κ1) is 13.2. The Balaban J connectivity index is 2.28. The zero-order chi connectivity index (χ0) is 12.0. The molecular formula is C12H17BrN2O. The summed E-state index contributed by atoms with van der Waals surface area (Å²) in [6, 6.07) is 8.12. The average molecular weight is 285 g/mol. The van der Waals surface area contributed by atoms with E-state index < -0.39 is 0 Å². The lowest BCUT2D eigenvalue weighted by atomic mass is 10.1. The molecule has 16 heavy (non-hydrogen) atoms. The third-order valence-electron chi connectivity index (χ3n) is 2.08. The predicted octanol–water partition coefficient (Wildman–Crippen LogP) is 1.67. The number of hydrogen-bond donors (Lipinski definition) is 1. The number of hydrogen-bond acceptors (Lipinski definition) is 2. The minimum atomic E-state index is 0.0694. The van der Waals surface area contributed by atoms with Gasteiger partial charge in [0.1, 0.15) is 0 Å². The van der Waals surface area contributed by atoms with Crippen molar-refractivity contribution in [3.05, 3.63) is 34.3 Å². The Kier molecular flexibility index (Phi) is 5.49. The highest BCUT2D eigenvalue weighted by molar-refractivity contribution is 9.10. The number of rotatable bonds is 5. The lowest BCUT2D eigenvalue weighted by molar-refractivity contribution is -0.121. The van der Waals surface area contributed by atoms with E-state index in [0.717, 1.165) is 10.9 Å². The summed E-state index contributed by atoms with van der Waals surface area (Å²) in [7, 11) is 3.77. The molecule has 0 bridgehead atoms. The molecule has 1 N–H and O–H groups in total. The minimum absolute atomic E-state index is 0.0694. The van der Waals surface area contributed by atoms with Gasteiger partial charge in [-0.2, -0.15) is 0 Å². The Hall–Kier alpha value is -0.870. The van der Waals surface area contributed by atoms with Gasteiger partial charge in [0.25, 0.3) is 0 Å². The van der Waals surface area contributed by atoms with Crippen LogP contribution in [-0.4, -0.2) is 38.0 Å². The smallest absolute Gasteiger partial charge is 0.234 e. The lowest BCUT2D eigenvalue weighted by Gasteiger charge is -2.10. The van der Waals surface area contributed by atoms with E-state index in [4.69, 9.17) is 0 Å². The second-order valence-corrected chi connectivity index (χ2v) is 4.88.